The van der Waals surface area contributed by atoms with Gasteiger partial charge in [-0.15, -0.1) is 0 Å². The lowest BCUT2D eigenvalue weighted by Crippen LogP contribution is -2.21. The first kappa shape index (κ1) is 19.7. The molecule has 1 aliphatic rings. The number of unbranched alkanes of at least 4 members (excludes halogenated alkanes) is 3. The molecule has 1 amide bonds. The third kappa shape index (κ3) is 3.94. The van der Waals surface area contributed by atoms with Crippen LogP contribution in [-0.2, 0) is 0 Å². The monoisotopic (exact) mass is 455 g/mol. The Kier molecular flexibility index (Phi) is 5.72. The fourth-order valence-corrected chi connectivity index (χ4v) is 3.97. The standard InChI is InChI=1S/C23H22BrNO4/c1-2-3-4-5-12-28-16-9-6-14(7-10-16)20-19-21(26)17-13-15(24)8-11-18(17)29-22(19)23(27)25-20/h6-11,13,20H,2-5,12H2,1H3,(H,25,27). The molecule has 6 heteroatoms. The minimum atomic E-state index is -0.532. The maximum Gasteiger partial charge on any atom is 0.288 e. The summed E-state index contributed by atoms with van der Waals surface area (Å²) in [5.74, 6) is 0.499. The Balaban J connectivity index is 1.60. The highest BCUT2D eigenvalue weighted by Crippen LogP contribution is 2.32. The van der Waals surface area contributed by atoms with Gasteiger partial charge in [0.25, 0.3) is 5.91 Å². The Labute approximate surface area is 177 Å². The molecule has 2 aromatic carbocycles. The molecule has 0 aliphatic carbocycles. The van der Waals surface area contributed by atoms with Gasteiger partial charge in [0.2, 0.25) is 5.76 Å². The van der Waals surface area contributed by atoms with Gasteiger partial charge in [-0.2, -0.15) is 0 Å². The SMILES string of the molecule is CCCCCCOc1ccc(C2NC(=O)c3oc4ccc(Br)cc4c(=O)c32)cc1. The lowest BCUT2D eigenvalue weighted by Gasteiger charge is -2.13. The Hall–Kier alpha value is -2.60. The number of hydrogen-bond acceptors (Lipinski definition) is 4. The summed E-state index contributed by atoms with van der Waals surface area (Å²) in [6.45, 7) is 2.87. The summed E-state index contributed by atoms with van der Waals surface area (Å²) >= 11 is 3.38. The molecule has 1 unspecified atom stereocenters. The van der Waals surface area contributed by atoms with Crippen molar-refractivity contribution in [2.24, 2.45) is 0 Å². The smallest absolute Gasteiger partial charge is 0.288 e. The fourth-order valence-electron chi connectivity index (χ4n) is 3.61. The molecule has 1 aromatic heterocycles. The summed E-state index contributed by atoms with van der Waals surface area (Å²) in [5.41, 5.74) is 1.38. The van der Waals surface area contributed by atoms with Gasteiger partial charge in [-0.25, -0.2) is 0 Å². The average Bonchev–Trinajstić information content (AvgIpc) is 3.06. The number of carbonyl (C=O) groups is 1. The van der Waals surface area contributed by atoms with Gasteiger partial charge in [0.15, 0.2) is 5.43 Å². The molecular formula is C23H22BrNO4. The second-order valence-corrected chi connectivity index (χ2v) is 8.11. The molecule has 0 radical (unpaired) electrons. The molecule has 150 valence electrons. The van der Waals surface area contributed by atoms with Crippen LogP contribution in [0.25, 0.3) is 11.0 Å². The van der Waals surface area contributed by atoms with Gasteiger partial charge < -0.3 is 14.5 Å². The number of rotatable bonds is 7. The maximum absolute atomic E-state index is 13.1. The molecule has 1 aliphatic heterocycles. The van der Waals surface area contributed by atoms with Gasteiger partial charge in [-0.3, -0.25) is 9.59 Å². The molecule has 0 saturated heterocycles. The molecule has 1 N–H and O–H groups in total. The third-order valence-corrected chi connectivity index (χ3v) is 5.63. The van der Waals surface area contributed by atoms with E-state index in [9.17, 15) is 9.59 Å². The zero-order valence-electron chi connectivity index (χ0n) is 16.2. The summed E-state index contributed by atoms with van der Waals surface area (Å²) in [4.78, 5) is 25.5. The van der Waals surface area contributed by atoms with Crippen LogP contribution in [0.4, 0.5) is 0 Å². The molecule has 2 heterocycles. The Morgan fingerprint density at radius 2 is 1.86 bits per heavy atom. The van der Waals surface area contributed by atoms with Crippen LogP contribution >= 0.6 is 15.9 Å². The van der Waals surface area contributed by atoms with E-state index < -0.39 is 6.04 Å². The second kappa shape index (κ2) is 8.41. The van der Waals surface area contributed by atoms with Crippen LogP contribution < -0.4 is 15.5 Å². The first-order valence-electron chi connectivity index (χ1n) is 9.88. The van der Waals surface area contributed by atoms with Crippen molar-refractivity contribution in [3.63, 3.8) is 0 Å². The van der Waals surface area contributed by atoms with Crippen LogP contribution in [-0.4, -0.2) is 12.5 Å². The number of hydrogen-bond donors (Lipinski definition) is 1. The predicted octanol–water partition coefficient (Wildman–Crippen LogP) is 5.35. The number of halogens is 1. The lowest BCUT2D eigenvalue weighted by molar-refractivity contribution is 0.0938. The maximum atomic E-state index is 13.1. The Morgan fingerprint density at radius 1 is 1.07 bits per heavy atom. The summed E-state index contributed by atoms with van der Waals surface area (Å²) in [6, 6.07) is 12.2. The molecule has 1 atom stereocenters. The van der Waals surface area contributed by atoms with Crippen LogP contribution in [0.5, 0.6) is 5.75 Å². The normalized spacial score (nSPS) is 15.4. The number of fused-ring (bicyclic) bond motifs is 2. The topological polar surface area (TPSA) is 68.5 Å². The largest absolute Gasteiger partial charge is 0.494 e. The zero-order chi connectivity index (χ0) is 20.4. The van der Waals surface area contributed by atoms with Crippen molar-refractivity contribution in [1.82, 2.24) is 5.32 Å². The molecule has 0 bridgehead atoms. The van der Waals surface area contributed by atoms with Crippen LogP contribution in [0.2, 0.25) is 0 Å². The van der Waals surface area contributed by atoms with Gasteiger partial charge in [-0.05, 0) is 42.3 Å². The minimum Gasteiger partial charge on any atom is -0.494 e. The Morgan fingerprint density at radius 3 is 2.62 bits per heavy atom. The highest BCUT2D eigenvalue weighted by atomic mass is 79.9. The summed E-state index contributed by atoms with van der Waals surface area (Å²) < 4.78 is 12.3. The first-order valence-corrected chi connectivity index (χ1v) is 10.7. The number of amides is 1. The summed E-state index contributed by atoms with van der Waals surface area (Å²) in [7, 11) is 0. The quantitative estimate of drug-likeness (QED) is 0.487. The van der Waals surface area contributed by atoms with E-state index in [1.54, 1.807) is 18.2 Å². The molecule has 3 aromatic rings. The van der Waals surface area contributed by atoms with Gasteiger partial charge in [0, 0.05) is 4.47 Å². The van der Waals surface area contributed by atoms with Gasteiger partial charge in [0.05, 0.1) is 23.6 Å². The molecule has 4 rings (SSSR count). The van der Waals surface area contributed by atoms with Crippen molar-refractivity contribution in [3.05, 3.63) is 74.0 Å². The van der Waals surface area contributed by atoms with Crippen LogP contribution in [0.15, 0.2) is 56.1 Å². The van der Waals surface area contributed by atoms with Crippen molar-refractivity contribution in [2.75, 3.05) is 6.61 Å². The van der Waals surface area contributed by atoms with E-state index >= 15 is 0 Å². The number of benzene rings is 2. The van der Waals surface area contributed by atoms with Crippen molar-refractivity contribution in [3.8, 4) is 5.75 Å². The van der Waals surface area contributed by atoms with Crippen molar-refractivity contribution in [1.29, 1.82) is 0 Å². The van der Waals surface area contributed by atoms with E-state index in [0.717, 1.165) is 22.2 Å². The lowest BCUT2D eigenvalue weighted by atomic mass is 9.99. The van der Waals surface area contributed by atoms with Gasteiger partial charge >= 0.3 is 0 Å². The van der Waals surface area contributed by atoms with Gasteiger partial charge in [0.1, 0.15) is 11.3 Å². The zero-order valence-corrected chi connectivity index (χ0v) is 17.8. The van der Waals surface area contributed by atoms with Crippen LogP contribution in [0.1, 0.15) is 60.3 Å². The van der Waals surface area contributed by atoms with Crippen LogP contribution in [0.3, 0.4) is 0 Å². The molecule has 0 fully saturated rings. The van der Waals surface area contributed by atoms with Crippen molar-refractivity contribution >= 4 is 32.8 Å². The molecule has 29 heavy (non-hydrogen) atoms. The number of carbonyl (C=O) groups excluding carboxylic acids is 1. The molecule has 0 spiro atoms. The van der Waals surface area contributed by atoms with E-state index in [-0.39, 0.29) is 17.1 Å². The van der Waals surface area contributed by atoms with Crippen molar-refractivity contribution < 1.29 is 13.9 Å². The number of ether oxygens (including phenoxy) is 1. The highest BCUT2D eigenvalue weighted by Gasteiger charge is 2.35. The fraction of sp³-hybridized carbons (Fsp3) is 0.304. The summed E-state index contributed by atoms with van der Waals surface area (Å²) in [5, 5.41) is 3.32. The molecule has 5 nitrogen and oxygen atoms in total. The highest BCUT2D eigenvalue weighted by molar-refractivity contribution is 9.10. The van der Waals surface area contributed by atoms with E-state index in [1.807, 2.05) is 24.3 Å². The third-order valence-electron chi connectivity index (χ3n) is 5.14. The summed E-state index contributed by atoms with van der Waals surface area (Å²) in [6.07, 6.45) is 4.62. The second-order valence-electron chi connectivity index (χ2n) is 7.20. The van der Waals surface area contributed by atoms with Crippen LogP contribution in [0, 0.1) is 0 Å². The van der Waals surface area contributed by atoms with E-state index in [1.165, 1.54) is 19.3 Å². The first-order chi connectivity index (χ1) is 14.1. The Bertz CT molecular complexity index is 1100. The predicted molar refractivity (Wildman–Crippen MR) is 116 cm³/mol. The van der Waals surface area contributed by atoms with E-state index in [0.29, 0.717) is 23.1 Å². The minimum absolute atomic E-state index is 0.0890. The number of nitrogens with one attached hydrogen (secondary N) is 1. The van der Waals surface area contributed by atoms with E-state index in [2.05, 4.69) is 28.2 Å². The van der Waals surface area contributed by atoms with E-state index in [4.69, 9.17) is 9.15 Å². The molecule has 0 saturated carbocycles. The molecular weight excluding hydrogens is 434 g/mol. The van der Waals surface area contributed by atoms with Crippen molar-refractivity contribution in [2.45, 2.75) is 38.6 Å². The average molecular weight is 456 g/mol. The van der Waals surface area contributed by atoms with Gasteiger partial charge in [-0.1, -0.05) is 54.2 Å².